The maximum atomic E-state index is 12.2. The van der Waals surface area contributed by atoms with Crippen molar-refractivity contribution in [2.75, 3.05) is 20.1 Å². The first kappa shape index (κ1) is 16.9. The van der Waals surface area contributed by atoms with Gasteiger partial charge in [0.15, 0.2) is 0 Å². The van der Waals surface area contributed by atoms with Gasteiger partial charge in [0.25, 0.3) is 5.56 Å². The maximum Gasteiger partial charge on any atom is 0.258 e. The minimum absolute atomic E-state index is 0. The lowest BCUT2D eigenvalue weighted by molar-refractivity contribution is 0.190. The van der Waals surface area contributed by atoms with Crippen LogP contribution in [0.1, 0.15) is 24.1 Å². The summed E-state index contributed by atoms with van der Waals surface area (Å²) in [5.74, 6) is 0. The summed E-state index contributed by atoms with van der Waals surface area (Å²) in [6.07, 6.45) is 4.15. The van der Waals surface area contributed by atoms with Gasteiger partial charge in [0, 0.05) is 24.8 Å². The van der Waals surface area contributed by atoms with E-state index in [0.717, 1.165) is 49.4 Å². The molecule has 1 fully saturated rings. The molecule has 6 heteroatoms. The number of nitrogens with zero attached hydrogens (tertiary/aromatic N) is 3. The maximum absolute atomic E-state index is 12.2. The summed E-state index contributed by atoms with van der Waals surface area (Å²) in [5, 5.41) is 3.38. The number of pyridine rings is 1. The van der Waals surface area contributed by atoms with Gasteiger partial charge in [0.05, 0.1) is 5.69 Å². The molecule has 22 heavy (non-hydrogen) atoms. The van der Waals surface area contributed by atoms with Crippen molar-refractivity contribution >= 4 is 18.1 Å². The van der Waals surface area contributed by atoms with Crippen molar-refractivity contribution in [2.24, 2.45) is 0 Å². The van der Waals surface area contributed by atoms with Crippen LogP contribution >= 0.6 is 12.4 Å². The molecule has 3 rings (SSSR count). The van der Waals surface area contributed by atoms with Crippen LogP contribution in [0, 0.1) is 6.92 Å². The van der Waals surface area contributed by atoms with Gasteiger partial charge < -0.3 is 5.32 Å². The Bertz CT molecular complexity index is 694. The summed E-state index contributed by atoms with van der Waals surface area (Å²) < 4.78 is 1.61. The second-order valence-electron chi connectivity index (χ2n) is 5.92. The molecule has 0 saturated carbocycles. The van der Waals surface area contributed by atoms with Crippen LogP contribution < -0.4 is 10.9 Å². The Kier molecular flexibility index (Phi) is 5.56. The number of hydrogen-bond acceptors (Lipinski definition) is 4. The number of nitrogens with one attached hydrogen (secondary N) is 1. The second kappa shape index (κ2) is 7.22. The quantitative estimate of drug-likeness (QED) is 0.932. The average molecular weight is 323 g/mol. The molecule has 0 aromatic carbocycles. The van der Waals surface area contributed by atoms with Crippen LogP contribution in [0.2, 0.25) is 0 Å². The van der Waals surface area contributed by atoms with E-state index in [4.69, 9.17) is 0 Å². The summed E-state index contributed by atoms with van der Waals surface area (Å²) in [5.41, 5.74) is 2.63. The monoisotopic (exact) mass is 322 g/mol. The fourth-order valence-electron chi connectivity index (χ4n) is 2.97. The molecule has 0 amide bonds. The standard InChI is InChI=1S/C16H22N4O.ClH/c1-12-3-4-15-18-13(9-16(21)20(15)10-12)11-19(2)14-5-7-17-8-6-14;/h3-4,9-10,14,17H,5-8,11H2,1-2H3;1H. The highest BCUT2D eigenvalue weighted by atomic mass is 35.5. The summed E-state index contributed by atoms with van der Waals surface area (Å²) in [6.45, 7) is 4.85. The smallest absolute Gasteiger partial charge is 0.258 e. The Morgan fingerprint density at radius 1 is 1.36 bits per heavy atom. The molecule has 120 valence electrons. The van der Waals surface area contributed by atoms with Gasteiger partial charge in [0.1, 0.15) is 5.65 Å². The Labute approximate surface area is 136 Å². The van der Waals surface area contributed by atoms with Crippen molar-refractivity contribution in [2.45, 2.75) is 32.4 Å². The first-order valence-electron chi connectivity index (χ1n) is 7.53. The Balaban J connectivity index is 0.00000176. The van der Waals surface area contributed by atoms with Crippen molar-refractivity contribution in [3.05, 3.63) is 46.0 Å². The molecular weight excluding hydrogens is 300 g/mol. The number of piperidine rings is 1. The molecule has 0 atom stereocenters. The number of aryl methyl sites for hydroxylation is 1. The number of fused-ring (bicyclic) bond motifs is 1. The molecule has 0 aliphatic carbocycles. The molecule has 1 saturated heterocycles. The van der Waals surface area contributed by atoms with Crippen LogP contribution in [0.15, 0.2) is 29.2 Å². The van der Waals surface area contributed by atoms with E-state index in [-0.39, 0.29) is 18.0 Å². The van der Waals surface area contributed by atoms with Crippen molar-refractivity contribution < 1.29 is 0 Å². The number of rotatable bonds is 3. The third kappa shape index (κ3) is 3.66. The van der Waals surface area contributed by atoms with E-state index in [1.165, 1.54) is 0 Å². The van der Waals surface area contributed by atoms with Crippen molar-refractivity contribution in [1.82, 2.24) is 19.6 Å². The summed E-state index contributed by atoms with van der Waals surface area (Å²) in [4.78, 5) is 19.1. The van der Waals surface area contributed by atoms with Gasteiger partial charge in [-0.25, -0.2) is 4.98 Å². The first-order chi connectivity index (χ1) is 10.1. The van der Waals surface area contributed by atoms with Crippen LogP contribution in [0.3, 0.4) is 0 Å². The SMILES string of the molecule is Cc1ccc2nc(CN(C)C3CCNCC3)cc(=O)n2c1.Cl. The molecule has 2 aromatic rings. The molecule has 0 radical (unpaired) electrons. The van der Waals surface area contributed by atoms with Gasteiger partial charge in [-0.1, -0.05) is 6.07 Å². The molecule has 1 aliphatic heterocycles. The zero-order chi connectivity index (χ0) is 14.8. The summed E-state index contributed by atoms with van der Waals surface area (Å²) >= 11 is 0. The van der Waals surface area contributed by atoms with Crippen LogP contribution in [0.5, 0.6) is 0 Å². The van der Waals surface area contributed by atoms with E-state index in [0.29, 0.717) is 6.04 Å². The van der Waals surface area contributed by atoms with E-state index >= 15 is 0 Å². The highest BCUT2D eigenvalue weighted by Crippen LogP contribution is 2.12. The lowest BCUT2D eigenvalue weighted by Crippen LogP contribution is -2.41. The van der Waals surface area contributed by atoms with Crippen molar-refractivity contribution in [3.8, 4) is 0 Å². The number of aromatic nitrogens is 2. The minimum atomic E-state index is -0.00240. The van der Waals surface area contributed by atoms with E-state index in [9.17, 15) is 4.79 Å². The Morgan fingerprint density at radius 2 is 2.09 bits per heavy atom. The van der Waals surface area contributed by atoms with Gasteiger partial charge in [-0.2, -0.15) is 0 Å². The predicted molar refractivity (Wildman–Crippen MR) is 90.8 cm³/mol. The summed E-state index contributed by atoms with van der Waals surface area (Å²) in [7, 11) is 2.12. The number of hydrogen-bond donors (Lipinski definition) is 1. The fourth-order valence-corrected chi connectivity index (χ4v) is 2.97. The lowest BCUT2D eigenvalue weighted by Gasteiger charge is -2.31. The fraction of sp³-hybridized carbons (Fsp3) is 0.500. The average Bonchev–Trinajstić information content (AvgIpc) is 2.49. The van der Waals surface area contributed by atoms with Crippen LogP contribution in [-0.2, 0) is 6.54 Å². The van der Waals surface area contributed by atoms with Gasteiger partial charge in [-0.05, 0) is 51.5 Å². The largest absolute Gasteiger partial charge is 0.317 e. The van der Waals surface area contributed by atoms with Gasteiger partial charge in [-0.3, -0.25) is 14.1 Å². The van der Waals surface area contributed by atoms with E-state index in [2.05, 4.69) is 22.2 Å². The molecule has 2 aromatic heterocycles. The molecule has 0 unspecified atom stereocenters. The van der Waals surface area contributed by atoms with Crippen LogP contribution in [0.25, 0.3) is 5.65 Å². The first-order valence-corrected chi connectivity index (χ1v) is 7.53. The third-order valence-electron chi connectivity index (χ3n) is 4.20. The summed E-state index contributed by atoms with van der Waals surface area (Å²) in [6, 6.07) is 6.13. The van der Waals surface area contributed by atoms with Crippen LogP contribution in [0.4, 0.5) is 0 Å². The molecule has 5 nitrogen and oxygen atoms in total. The van der Waals surface area contributed by atoms with Gasteiger partial charge >= 0.3 is 0 Å². The van der Waals surface area contributed by atoms with E-state index in [1.54, 1.807) is 10.5 Å². The van der Waals surface area contributed by atoms with Crippen molar-refractivity contribution in [1.29, 1.82) is 0 Å². The van der Waals surface area contributed by atoms with E-state index in [1.807, 2.05) is 25.3 Å². The Morgan fingerprint density at radius 3 is 2.82 bits per heavy atom. The Hall–Kier alpha value is -1.43. The van der Waals surface area contributed by atoms with Crippen LogP contribution in [-0.4, -0.2) is 40.5 Å². The molecule has 0 bridgehead atoms. The normalized spacial score (nSPS) is 16.0. The zero-order valence-electron chi connectivity index (χ0n) is 13.1. The highest BCUT2D eigenvalue weighted by molar-refractivity contribution is 5.85. The molecule has 3 heterocycles. The lowest BCUT2D eigenvalue weighted by atomic mass is 10.1. The highest BCUT2D eigenvalue weighted by Gasteiger charge is 2.18. The predicted octanol–water partition coefficient (Wildman–Crippen LogP) is 1.61. The van der Waals surface area contributed by atoms with Gasteiger partial charge in [-0.15, -0.1) is 12.4 Å². The third-order valence-corrected chi connectivity index (χ3v) is 4.20. The molecule has 1 aliphatic rings. The molecule has 0 spiro atoms. The van der Waals surface area contributed by atoms with E-state index < -0.39 is 0 Å². The number of halogens is 1. The molecule has 1 N–H and O–H groups in total. The van der Waals surface area contributed by atoms with Gasteiger partial charge in [0.2, 0.25) is 0 Å². The van der Waals surface area contributed by atoms with Crippen molar-refractivity contribution in [3.63, 3.8) is 0 Å². The zero-order valence-corrected chi connectivity index (χ0v) is 13.9. The minimum Gasteiger partial charge on any atom is -0.317 e. The topological polar surface area (TPSA) is 49.6 Å². The second-order valence-corrected chi connectivity index (χ2v) is 5.92. The molecular formula is C16H23ClN4O.